The standard InChI is InChI=1S/C4H7BrO2/c5-4-3-6-1-2-7-4/h4H,1-3H2. The van der Waals surface area contributed by atoms with E-state index in [4.69, 9.17) is 9.47 Å². The van der Waals surface area contributed by atoms with Gasteiger partial charge < -0.3 is 9.47 Å². The van der Waals surface area contributed by atoms with Gasteiger partial charge in [-0.2, -0.15) is 0 Å². The van der Waals surface area contributed by atoms with Gasteiger partial charge in [0.15, 0.2) is 0 Å². The molecule has 1 heterocycles. The van der Waals surface area contributed by atoms with Crippen molar-refractivity contribution < 1.29 is 9.47 Å². The Bertz CT molecular complexity index is 51.7. The topological polar surface area (TPSA) is 18.5 Å². The Morgan fingerprint density at radius 2 is 2.29 bits per heavy atom. The third kappa shape index (κ3) is 1.76. The van der Waals surface area contributed by atoms with Crippen LogP contribution in [0.2, 0.25) is 0 Å². The molecule has 2 nitrogen and oxygen atoms in total. The summed E-state index contributed by atoms with van der Waals surface area (Å²) in [5.74, 6) is 0. The molecule has 3 heteroatoms. The zero-order valence-electron chi connectivity index (χ0n) is 3.89. The average molecular weight is 167 g/mol. The van der Waals surface area contributed by atoms with Gasteiger partial charge in [-0.3, -0.25) is 0 Å². The highest BCUT2D eigenvalue weighted by Crippen LogP contribution is 2.05. The fourth-order valence-corrected chi connectivity index (χ4v) is 0.833. The molecule has 0 bridgehead atoms. The molecule has 1 atom stereocenters. The van der Waals surface area contributed by atoms with E-state index in [1.54, 1.807) is 0 Å². The van der Waals surface area contributed by atoms with Gasteiger partial charge in [-0.05, 0) is 0 Å². The van der Waals surface area contributed by atoms with Crippen LogP contribution in [-0.2, 0) is 9.47 Å². The second-order valence-electron chi connectivity index (χ2n) is 1.36. The number of hydrogen-bond donors (Lipinski definition) is 0. The van der Waals surface area contributed by atoms with Crippen LogP contribution in [0.25, 0.3) is 0 Å². The van der Waals surface area contributed by atoms with Crippen molar-refractivity contribution in [3.05, 3.63) is 0 Å². The monoisotopic (exact) mass is 166 g/mol. The summed E-state index contributed by atoms with van der Waals surface area (Å²) in [6.45, 7) is 2.14. The third-order valence-electron chi connectivity index (χ3n) is 0.775. The zero-order chi connectivity index (χ0) is 5.11. The molecule has 0 saturated carbocycles. The SMILES string of the molecule is BrC1COCCO1. The van der Waals surface area contributed by atoms with Crippen LogP contribution in [0.15, 0.2) is 0 Å². The molecule has 0 aromatic carbocycles. The van der Waals surface area contributed by atoms with Gasteiger partial charge in [0.05, 0.1) is 19.8 Å². The lowest BCUT2D eigenvalue weighted by molar-refractivity contribution is -0.0469. The molecule has 0 aromatic rings. The van der Waals surface area contributed by atoms with Crippen LogP contribution in [0.3, 0.4) is 0 Å². The van der Waals surface area contributed by atoms with E-state index in [0.29, 0.717) is 6.61 Å². The van der Waals surface area contributed by atoms with E-state index in [2.05, 4.69) is 15.9 Å². The first-order valence-corrected chi connectivity index (χ1v) is 3.14. The predicted octanol–water partition coefficient (Wildman–Crippen LogP) is 0.754. The summed E-state index contributed by atoms with van der Waals surface area (Å²) in [5, 5.41) is 0.126. The van der Waals surface area contributed by atoms with E-state index in [9.17, 15) is 0 Å². The minimum absolute atomic E-state index is 0.126. The van der Waals surface area contributed by atoms with Crippen molar-refractivity contribution >= 4 is 15.9 Å². The van der Waals surface area contributed by atoms with Crippen molar-refractivity contribution in [1.82, 2.24) is 0 Å². The minimum Gasteiger partial charge on any atom is -0.375 e. The first-order chi connectivity index (χ1) is 3.39. The van der Waals surface area contributed by atoms with E-state index in [1.807, 2.05) is 0 Å². The van der Waals surface area contributed by atoms with Crippen LogP contribution in [0.4, 0.5) is 0 Å². The van der Waals surface area contributed by atoms with Crippen molar-refractivity contribution in [1.29, 1.82) is 0 Å². The number of ether oxygens (including phenoxy) is 2. The van der Waals surface area contributed by atoms with Gasteiger partial charge in [0, 0.05) is 0 Å². The normalized spacial score (nSPS) is 33.0. The highest BCUT2D eigenvalue weighted by atomic mass is 79.9. The van der Waals surface area contributed by atoms with Crippen LogP contribution < -0.4 is 0 Å². The van der Waals surface area contributed by atoms with E-state index in [1.165, 1.54) is 0 Å². The molecule has 1 aliphatic rings. The Hall–Kier alpha value is 0.400. The third-order valence-corrected chi connectivity index (χ3v) is 1.30. The quantitative estimate of drug-likeness (QED) is 0.495. The first kappa shape index (κ1) is 5.54. The summed E-state index contributed by atoms with van der Waals surface area (Å²) in [6, 6.07) is 0. The molecule has 1 aliphatic heterocycles. The number of rotatable bonds is 0. The van der Waals surface area contributed by atoms with Crippen molar-refractivity contribution in [2.75, 3.05) is 19.8 Å². The summed E-state index contributed by atoms with van der Waals surface area (Å²) in [7, 11) is 0. The lowest BCUT2D eigenvalue weighted by Crippen LogP contribution is -2.23. The van der Waals surface area contributed by atoms with E-state index >= 15 is 0 Å². The van der Waals surface area contributed by atoms with Crippen molar-refractivity contribution in [2.24, 2.45) is 0 Å². The smallest absolute Gasteiger partial charge is 0.135 e. The Morgan fingerprint density at radius 1 is 1.43 bits per heavy atom. The molecular formula is C4H7BrO2. The minimum atomic E-state index is 0.126. The Balaban J connectivity index is 2.12. The summed E-state index contributed by atoms with van der Waals surface area (Å²) in [5.41, 5.74) is 0. The fraction of sp³-hybridized carbons (Fsp3) is 1.00. The summed E-state index contributed by atoms with van der Waals surface area (Å²) in [6.07, 6.45) is 0. The van der Waals surface area contributed by atoms with E-state index in [-0.39, 0.29) is 5.01 Å². The summed E-state index contributed by atoms with van der Waals surface area (Å²) < 4.78 is 10.1. The van der Waals surface area contributed by atoms with Crippen LogP contribution in [0, 0.1) is 0 Å². The Labute approximate surface area is 50.9 Å². The van der Waals surface area contributed by atoms with Crippen molar-refractivity contribution in [3.8, 4) is 0 Å². The van der Waals surface area contributed by atoms with E-state index < -0.39 is 0 Å². The van der Waals surface area contributed by atoms with Crippen LogP contribution in [0.1, 0.15) is 0 Å². The van der Waals surface area contributed by atoms with Crippen LogP contribution in [0.5, 0.6) is 0 Å². The number of alkyl halides is 1. The molecule has 7 heavy (non-hydrogen) atoms. The zero-order valence-corrected chi connectivity index (χ0v) is 5.48. The average Bonchev–Trinajstić information content (AvgIpc) is 1.69. The molecule has 0 radical (unpaired) electrons. The largest absolute Gasteiger partial charge is 0.375 e. The lowest BCUT2D eigenvalue weighted by Gasteiger charge is -2.16. The molecule has 0 aliphatic carbocycles. The van der Waals surface area contributed by atoms with Gasteiger partial charge in [-0.25, -0.2) is 0 Å². The summed E-state index contributed by atoms with van der Waals surface area (Å²) in [4.78, 5) is 0. The van der Waals surface area contributed by atoms with E-state index in [0.717, 1.165) is 13.2 Å². The van der Waals surface area contributed by atoms with Crippen LogP contribution in [-0.4, -0.2) is 24.8 Å². The number of hydrogen-bond acceptors (Lipinski definition) is 2. The summed E-state index contributed by atoms with van der Waals surface area (Å²) >= 11 is 3.24. The molecule has 0 spiro atoms. The van der Waals surface area contributed by atoms with Gasteiger partial charge in [0.25, 0.3) is 0 Å². The molecular weight excluding hydrogens is 160 g/mol. The second-order valence-corrected chi connectivity index (χ2v) is 2.38. The maximum Gasteiger partial charge on any atom is 0.135 e. The highest BCUT2D eigenvalue weighted by molar-refractivity contribution is 9.09. The molecule has 0 amide bonds. The van der Waals surface area contributed by atoms with Crippen molar-refractivity contribution in [2.45, 2.75) is 5.01 Å². The molecule has 0 N–H and O–H groups in total. The molecule has 42 valence electrons. The van der Waals surface area contributed by atoms with Crippen LogP contribution >= 0.6 is 15.9 Å². The molecule has 1 unspecified atom stereocenters. The predicted molar refractivity (Wildman–Crippen MR) is 29.5 cm³/mol. The fourth-order valence-electron chi connectivity index (χ4n) is 0.459. The maximum absolute atomic E-state index is 5.07. The van der Waals surface area contributed by atoms with Gasteiger partial charge in [-0.1, -0.05) is 15.9 Å². The number of halogens is 1. The van der Waals surface area contributed by atoms with Gasteiger partial charge in [0.2, 0.25) is 0 Å². The van der Waals surface area contributed by atoms with Gasteiger partial charge >= 0.3 is 0 Å². The highest BCUT2D eigenvalue weighted by Gasteiger charge is 2.07. The molecule has 1 saturated heterocycles. The molecule has 1 rings (SSSR count). The van der Waals surface area contributed by atoms with Gasteiger partial charge in [-0.15, -0.1) is 0 Å². The molecule has 0 aromatic heterocycles. The Morgan fingerprint density at radius 3 is 2.57 bits per heavy atom. The second kappa shape index (κ2) is 2.64. The maximum atomic E-state index is 5.07. The lowest BCUT2D eigenvalue weighted by atomic mass is 10.6. The Kier molecular flexibility index (Phi) is 2.09. The molecule has 1 fully saturated rings. The van der Waals surface area contributed by atoms with Gasteiger partial charge in [0.1, 0.15) is 5.01 Å². The first-order valence-electron chi connectivity index (χ1n) is 2.23. The van der Waals surface area contributed by atoms with Crippen molar-refractivity contribution in [3.63, 3.8) is 0 Å².